The lowest BCUT2D eigenvalue weighted by molar-refractivity contribution is 0.0950. The normalized spacial score (nSPS) is 16.0. The van der Waals surface area contributed by atoms with Crippen LogP contribution >= 0.6 is 11.3 Å². The van der Waals surface area contributed by atoms with Crippen molar-refractivity contribution >= 4 is 22.4 Å². The van der Waals surface area contributed by atoms with Crippen molar-refractivity contribution in [3.8, 4) is 17.2 Å². The van der Waals surface area contributed by atoms with E-state index in [9.17, 15) is 4.79 Å². The van der Waals surface area contributed by atoms with Crippen molar-refractivity contribution in [2.24, 2.45) is 0 Å². The van der Waals surface area contributed by atoms with Gasteiger partial charge in [-0.1, -0.05) is 0 Å². The van der Waals surface area contributed by atoms with E-state index in [2.05, 4.69) is 15.2 Å². The van der Waals surface area contributed by atoms with Crippen molar-refractivity contribution in [2.45, 2.75) is 39.7 Å². The standard InChI is InChI=1S/C21H29N3O4S/c1-4-26-17-12-15(13-18(27-5-2)19(17)28-6-3)20(25)23-14-16-8-7-10-24(16)21-22-9-11-29-21/h9,11-13,16H,4-8,10,14H2,1-3H3,(H,23,25). The van der Waals surface area contributed by atoms with Gasteiger partial charge in [0.05, 0.1) is 19.8 Å². The van der Waals surface area contributed by atoms with Crippen molar-refractivity contribution in [2.75, 3.05) is 37.8 Å². The summed E-state index contributed by atoms with van der Waals surface area (Å²) in [4.78, 5) is 19.6. The summed E-state index contributed by atoms with van der Waals surface area (Å²) in [5, 5.41) is 6.06. The van der Waals surface area contributed by atoms with Crippen LogP contribution in [0.3, 0.4) is 0 Å². The van der Waals surface area contributed by atoms with Gasteiger partial charge in [0.1, 0.15) is 0 Å². The maximum Gasteiger partial charge on any atom is 0.251 e. The van der Waals surface area contributed by atoms with Crippen molar-refractivity contribution in [3.63, 3.8) is 0 Å². The van der Waals surface area contributed by atoms with Gasteiger partial charge in [0, 0.05) is 36.3 Å². The number of hydrogen-bond acceptors (Lipinski definition) is 7. The quantitative estimate of drug-likeness (QED) is 0.633. The fraction of sp³-hybridized carbons (Fsp3) is 0.524. The van der Waals surface area contributed by atoms with Crippen LogP contribution in [0.25, 0.3) is 0 Å². The van der Waals surface area contributed by atoms with Gasteiger partial charge < -0.3 is 24.4 Å². The smallest absolute Gasteiger partial charge is 0.251 e. The summed E-state index contributed by atoms with van der Waals surface area (Å²) in [6, 6.07) is 3.70. The Morgan fingerprint density at radius 2 is 1.86 bits per heavy atom. The van der Waals surface area contributed by atoms with Gasteiger partial charge in [0.15, 0.2) is 16.6 Å². The highest BCUT2D eigenvalue weighted by Crippen LogP contribution is 2.39. The van der Waals surface area contributed by atoms with E-state index in [1.54, 1.807) is 23.5 Å². The van der Waals surface area contributed by atoms with E-state index in [0.717, 1.165) is 24.5 Å². The number of nitrogens with one attached hydrogen (secondary N) is 1. The van der Waals surface area contributed by atoms with Gasteiger partial charge in [-0.3, -0.25) is 4.79 Å². The van der Waals surface area contributed by atoms with Gasteiger partial charge in [-0.25, -0.2) is 4.98 Å². The molecule has 7 nitrogen and oxygen atoms in total. The fourth-order valence-corrected chi connectivity index (χ4v) is 4.23. The summed E-state index contributed by atoms with van der Waals surface area (Å²) < 4.78 is 17.1. The van der Waals surface area contributed by atoms with Crippen LogP contribution in [0.4, 0.5) is 5.13 Å². The molecule has 8 heteroatoms. The minimum absolute atomic E-state index is 0.152. The summed E-state index contributed by atoms with van der Waals surface area (Å²) in [6.07, 6.45) is 3.96. The second kappa shape index (κ2) is 10.3. The lowest BCUT2D eigenvalue weighted by atomic mass is 10.1. The maximum absolute atomic E-state index is 12.9. The highest BCUT2D eigenvalue weighted by molar-refractivity contribution is 7.13. The van der Waals surface area contributed by atoms with Gasteiger partial charge in [-0.15, -0.1) is 11.3 Å². The van der Waals surface area contributed by atoms with Crippen LogP contribution in [0.2, 0.25) is 0 Å². The van der Waals surface area contributed by atoms with Crippen LogP contribution in [0.1, 0.15) is 44.0 Å². The number of aromatic nitrogens is 1. The highest BCUT2D eigenvalue weighted by atomic mass is 32.1. The Labute approximate surface area is 176 Å². The Hall–Kier alpha value is -2.48. The fourth-order valence-electron chi connectivity index (χ4n) is 3.49. The highest BCUT2D eigenvalue weighted by Gasteiger charge is 2.27. The van der Waals surface area contributed by atoms with Gasteiger partial charge >= 0.3 is 0 Å². The molecule has 3 rings (SSSR count). The summed E-state index contributed by atoms with van der Waals surface area (Å²) in [5.41, 5.74) is 0.499. The van der Waals surface area contributed by atoms with Gasteiger partial charge in [-0.05, 0) is 45.7 Å². The van der Waals surface area contributed by atoms with E-state index < -0.39 is 0 Å². The topological polar surface area (TPSA) is 72.9 Å². The van der Waals surface area contributed by atoms with Gasteiger partial charge in [0.25, 0.3) is 5.91 Å². The third-order valence-electron chi connectivity index (χ3n) is 4.71. The molecule has 1 amide bonds. The molecule has 1 aromatic carbocycles. The predicted molar refractivity (Wildman–Crippen MR) is 115 cm³/mol. The molecule has 1 atom stereocenters. The molecule has 158 valence electrons. The van der Waals surface area contributed by atoms with Crippen molar-refractivity contribution in [1.82, 2.24) is 10.3 Å². The summed E-state index contributed by atoms with van der Waals surface area (Å²) in [6.45, 7) is 8.68. The number of benzene rings is 1. The SMILES string of the molecule is CCOc1cc(C(=O)NCC2CCCN2c2nccs2)cc(OCC)c1OCC. The first-order chi connectivity index (χ1) is 14.2. The maximum atomic E-state index is 12.9. The number of hydrogen-bond donors (Lipinski definition) is 1. The second-order valence-electron chi connectivity index (χ2n) is 6.61. The molecule has 0 spiro atoms. The van der Waals surface area contributed by atoms with Crippen LogP contribution < -0.4 is 24.4 Å². The van der Waals surface area contributed by atoms with E-state index in [1.807, 2.05) is 32.3 Å². The Bertz CT molecular complexity index is 770. The van der Waals surface area contributed by atoms with Crippen LogP contribution in [0.5, 0.6) is 17.2 Å². The van der Waals surface area contributed by atoms with Crippen molar-refractivity contribution in [3.05, 3.63) is 29.3 Å². The molecular formula is C21H29N3O4S. The van der Waals surface area contributed by atoms with Crippen LogP contribution in [-0.2, 0) is 0 Å². The first kappa shape index (κ1) is 21.2. The molecule has 29 heavy (non-hydrogen) atoms. The summed E-state index contributed by atoms with van der Waals surface area (Å²) >= 11 is 1.63. The molecule has 0 aliphatic carbocycles. The number of rotatable bonds is 10. The lowest BCUT2D eigenvalue weighted by Crippen LogP contribution is -2.40. The Balaban J connectivity index is 1.74. The number of ether oxygens (including phenoxy) is 3. The molecule has 1 unspecified atom stereocenters. The lowest BCUT2D eigenvalue weighted by Gasteiger charge is -2.24. The molecule has 1 aromatic heterocycles. The Kier molecular flexibility index (Phi) is 7.57. The number of anilines is 1. The molecule has 0 bridgehead atoms. The molecule has 1 aliphatic heterocycles. The number of amides is 1. The number of carbonyl (C=O) groups excluding carboxylic acids is 1. The first-order valence-corrected chi connectivity index (χ1v) is 11.1. The van der Waals surface area contributed by atoms with E-state index in [0.29, 0.717) is 49.2 Å². The zero-order valence-corrected chi connectivity index (χ0v) is 18.1. The van der Waals surface area contributed by atoms with Crippen LogP contribution in [-0.4, -0.2) is 49.8 Å². The monoisotopic (exact) mass is 419 g/mol. The first-order valence-electron chi connectivity index (χ1n) is 10.2. The predicted octanol–water partition coefficient (Wildman–Crippen LogP) is 3.74. The second-order valence-corrected chi connectivity index (χ2v) is 7.49. The Morgan fingerprint density at radius 1 is 1.17 bits per heavy atom. The third-order valence-corrected chi connectivity index (χ3v) is 5.52. The average Bonchev–Trinajstić information content (AvgIpc) is 3.40. The molecule has 1 saturated heterocycles. The van der Waals surface area contributed by atoms with E-state index in [1.165, 1.54) is 0 Å². The molecule has 2 aromatic rings. The molecular weight excluding hydrogens is 390 g/mol. The molecule has 0 radical (unpaired) electrons. The van der Waals surface area contributed by atoms with Crippen LogP contribution in [0, 0.1) is 0 Å². The summed E-state index contributed by atoms with van der Waals surface area (Å²) in [5.74, 6) is 1.44. The van der Waals surface area contributed by atoms with E-state index in [-0.39, 0.29) is 11.9 Å². The molecule has 0 saturated carbocycles. The number of nitrogens with zero attached hydrogens (tertiary/aromatic N) is 2. The van der Waals surface area contributed by atoms with Crippen LogP contribution in [0.15, 0.2) is 23.7 Å². The molecule has 1 N–H and O–H groups in total. The third kappa shape index (κ3) is 5.12. The molecule has 1 aliphatic rings. The molecule has 2 heterocycles. The minimum Gasteiger partial charge on any atom is -0.490 e. The number of thiazole rings is 1. The zero-order valence-electron chi connectivity index (χ0n) is 17.3. The molecule has 1 fully saturated rings. The van der Waals surface area contributed by atoms with Crippen molar-refractivity contribution < 1.29 is 19.0 Å². The van der Waals surface area contributed by atoms with Gasteiger partial charge in [0.2, 0.25) is 5.75 Å². The minimum atomic E-state index is -0.152. The summed E-state index contributed by atoms with van der Waals surface area (Å²) in [7, 11) is 0. The van der Waals surface area contributed by atoms with Gasteiger partial charge in [-0.2, -0.15) is 0 Å². The van der Waals surface area contributed by atoms with E-state index >= 15 is 0 Å². The Morgan fingerprint density at radius 3 is 2.45 bits per heavy atom. The zero-order chi connectivity index (χ0) is 20.6. The van der Waals surface area contributed by atoms with E-state index in [4.69, 9.17) is 14.2 Å². The van der Waals surface area contributed by atoms with Crippen molar-refractivity contribution in [1.29, 1.82) is 0 Å². The average molecular weight is 420 g/mol. The largest absolute Gasteiger partial charge is 0.490 e. The number of carbonyl (C=O) groups is 1.